The normalized spacial score (nSPS) is 16.9. The lowest BCUT2D eigenvalue weighted by Crippen LogP contribution is -2.35. The fraction of sp³-hybridized carbons (Fsp3) is 0.500. The van der Waals surface area contributed by atoms with Gasteiger partial charge in [-0.3, -0.25) is 4.90 Å². The third-order valence-corrected chi connectivity index (χ3v) is 5.04. The van der Waals surface area contributed by atoms with E-state index in [1.54, 1.807) is 0 Å². The lowest BCUT2D eigenvalue weighted by atomic mass is 10.1. The fourth-order valence-corrected chi connectivity index (χ4v) is 3.44. The van der Waals surface area contributed by atoms with Crippen LogP contribution in [0, 0.1) is 20.8 Å². The molecule has 0 amide bonds. The first kappa shape index (κ1) is 16.5. The van der Waals surface area contributed by atoms with Gasteiger partial charge in [0.2, 0.25) is 0 Å². The van der Waals surface area contributed by atoms with Crippen molar-refractivity contribution >= 4 is 11.6 Å². The van der Waals surface area contributed by atoms with Gasteiger partial charge in [0.25, 0.3) is 0 Å². The van der Waals surface area contributed by atoms with Gasteiger partial charge in [0.15, 0.2) is 0 Å². The molecule has 0 bridgehead atoms. The number of nitrogens with zero attached hydrogens (tertiary/aromatic N) is 3. The molecule has 0 spiro atoms. The number of rotatable bonds is 3. The summed E-state index contributed by atoms with van der Waals surface area (Å²) in [4.78, 5) is 2.34. The highest BCUT2D eigenvalue weighted by Crippen LogP contribution is 2.27. The van der Waals surface area contributed by atoms with Gasteiger partial charge in [-0.2, -0.15) is 5.10 Å². The van der Waals surface area contributed by atoms with Gasteiger partial charge in [0.05, 0.1) is 17.5 Å². The number of aliphatic hydroxyl groups is 1. The predicted molar refractivity (Wildman–Crippen MR) is 93.3 cm³/mol. The van der Waals surface area contributed by atoms with Crippen molar-refractivity contribution in [3.05, 3.63) is 45.7 Å². The summed E-state index contributed by atoms with van der Waals surface area (Å²) in [6.45, 7) is 8.78. The maximum atomic E-state index is 9.64. The zero-order valence-corrected chi connectivity index (χ0v) is 14.8. The number of halogens is 1. The van der Waals surface area contributed by atoms with Crippen LogP contribution in [0.5, 0.6) is 0 Å². The van der Waals surface area contributed by atoms with Crippen molar-refractivity contribution in [1.82, 2.24) is 14.7 Å². The molecule has 23 heavy (non-hydrogen) atoms. The Balaban J connectivity index is 1.89. The number of hydrogen-bond acceptors (Lipinski definition) is 3. The minimum atomic E-state index is -0.152. The number of piperidine rings is 1. The number of aryl methyl sites for hydroxylation is 3. The van der Waals surface area contributed by atoms with Crippen molar-refractivity contribution in [2.45, 2.75) is 46.3 Å². The largest absolute Gasteiger partial charge is 0.393 e. The number of aromatic nitrogens is 2. The van der Waals surface area contributed by atoms with Crippen molar-refractivity contribution in [3.8, 4) is 5.69 Å². The van der Waals surface area contributed by atoms with Crippen LogP contribution in [-0.4, -0.2) is 39.0 Å². The van der Waals surface area contributed by atoms with Crippen LogP contribution in [0.4, 0.5) is 0 Å². The quantitative estimate of drug-likeness (QED) is 0.936. The van der Waals surface area contributed by atoms with Crippen LogP contribution in [0.3, 0.4) is 0 Å². The standard InChI is InChI=1S/C18H24ClN3O/c1-12-4-5-13(2)17(10-12)22-18(19)16(14(3)20-22)11-21-8-6-15(23)7-9-21/h4-5,10,15,23H,6-9,11H2,1-3H3. The zero-order chi connectivity index (χ0) is 16.6. The van der Waals surface area contributed by atoms with E-state index in [0.29, 0.717) is 5.15 Å². The Kier molecular flexibility index (Phi) is 4.76. The Morgan fingerprint density at radius 2 is 1.91 bits per heavy atom. The highest BCUT2D eigenvalue weighted by molar-refractivity contribution is 6.30. The van der Waals surface area contributed by atoms with E-state index in [-0.39, 0.29) is 6.10 Å². The first-order valence-corrected chi connectivity index (χ1v) is 8.55. The number of aliphatic hydroxyl groups excluding tert-OH is 1. The average molecular weight is 334 g/mol. The van der Waals surface area contributed by atoms with Crippen molar-refractivity contribution in [2.24, 2.45) is 0 Å². The first-order valence-electron chi connectivity index (χ1n) is 8.17. The molecule has 2 heterocycles. The van der Waals surface area contributed by atoms with Crippen molar-refractivity contribution in [1.29, 1.82) is 0 Å². The van der Waals surface area contributed by atoms with Gasteiger partial charge in [0, 0.05) is 25.2 Å². The number of benzene rings is 1. The Hall–Kier alpha value is -1.36. The third kappa shape index (κ3) is 3.44. The molecule has 1 aromatic carbocycles. The molecule has 1 saturated heterocycles. The van der Waals surface area contributed by atoms with E-state index in [1.165, 1.54) is 5.56 Å². The van der Waals surface area contributed by atoms with Crippen LogP contribution in [0.15, 0.2) is 18.2 Å². The molecular formula is C18H24ClN3O. The Morgan fingerprint density at radius 1 is 1.22 bits per heavy atom. The second-order valence-electron chi connectivity index (χ2n) is 6.56. The zero-order valence-electron chi connectivity index (χ0n) is 14.0. The highest BCUT2D eigenvalue weighted by atomic mass is 35.5. The van der Waals surface area contributed by atoms with Crippen LogP contribution >= 0.6 is 11.6 Å². The molecule has 0 atom stereocenters. The molecule has 1 aromatic heterocycles. The molecule has 1 N–H and O–H groups in total. The van der Waals surface area contributed by atoms with Gasteiger partial charge >= 0.3 is 0 Å². The molecule has 0 saturated carbocycles. The summed E-state index contributed by atoms with van der Waals surface area (Å²) in [5, 5.41) is 15.0. The molecular weight excluding hydrogens is 310 g/mol. The number of hydrogen-bond donors (Lipinski definition) is 1. The van der Waals surface area contributed by atoms with Gasteiger partial charge in [0.1, 0.15) is 5.15 Å². The van der Waals surface area contributed by atoms with Crippen molar-refractivity contribution in [3.63, 3.8) is 0 Å². The second-order valence-corrected chi connectivity index (χ2v) is 6.92. The molecule has 3 rings (SSSR count). The Bertz CT molecular complexity index is 703. The van der Waals surface area contributed by atoms with Crippen LogP contribution < -0.4 is 0 Å². The van der Waals surface area contributed by atoms with Gasteiger partial charge < -0.3 is 5.11 Å². The minimum Gasteiger partial charge on any atom is -0.393 e. The van der Waals surface area contributed by atoms with Gasteiger partial charge in [-0.15, -0.1) is 0 Å². The maximum absolute atomic E-state index is 9.64. The molecule has 2 aromatic rings. The van der Waals surface area contributed by atoms with Crippen molar-refractivity contribution in [2.75, 3.05) is 13.1 Å². The highest BCUT2D eigenvalue weighted by Gasteiger charge is 2.22. The first-order chi connectivity index (χ1) is 11.0. The van der Waals surface area contributed by atoms with E-state index in [0.717, 1.165) is 55.0 Å². The molecule has 4 nitrogen and oxygen atoms in total. The van der Waals surface area contributed by atoms with E-state index >= 15 is 0 Å². The monoisotopic (exact) mass is 333 g/mol. The van der Waals surface area contributed by atoms with Crippen LogP contribution in [0.25, 0.3) is 5.69 Å². The molecule has 5 heteroatoms. The second kappa shape index (κ2) is 6.63. The smallest absolute Gasteiger partial charge is 0.137 e. The topological polar surface area (TPSA) is 41.3 Å². The van der Waals surface area contributed by atoms with Crippen LogP contribution in [-0.2, 0) is 6.54 Å². The van der Waals surface area contributed by atoms with Crippen LogP contribution in [0.1, 0.15) is 35.2 Å². The molecule has 124 valence electrons. The van der Waals surface area contributed by atoms with Crippen molar-refractivity contribution < 1.29 is 5.11 Å². The minimum absolute atomic E-state index is 0.152. The van der Waals surface area contributed by atoms with E-state index in [9.17, 15) is 5.11 Å². The lowest BCUT2D eigenvalue weighted by molar-refractivity contribution is 0.0792. The summed E-state index contributed by atoms with van der Waals surface area (Å²) in [7, 11) is 0. The summed E-state index contributed by atoms with van der Waals surface area (Å²) < 4.78 is 1.85. The number of likely N-dealkylation sites (tertiary alicyclic amines) is 1. The third-order valence-electron chi connectivity index (χ3n) is 4.65. The van der Waals surface area contributed by atoms with E-state index in [1.807, 2.05) is 11.6 Å². The molecule has 0 radical (unpaired) electrons. The van der Waals surface area contributed by atoms with Gasteiger partial charge in [-0.1, -0.05) is 23.7 Å². The summed E-state index contributed by atoms with van der Waals surface area (Å²) in [5.41, 5.74) is 5.46. The SMILES string of the molecule is Cc1ccc(C)c(-n2nc(C)c(CN3CCC(O)CC3)c2Cl)c1. The summed E-state index contributed by atoms with van der Waals surface area (Å²) in [6, 6.07) is 6.32. The summed E-state index contributed by atoms with van der Waals surface area (Å²) in [6.07, 6.45) is 1.52. The Morgan fingerprint density at radius 3 is 2.61 bits per heavy atom. The van der Waals surface area contributed by atoms with E-state index in [4.69, 9.17) is 11.6 Å². The molecule has 1 aliphatic rings. The summed E-state index contributed by atoms with van der Waals surface area (Å²) >= 11 is 6.66. The van der Waals surface area contributed by atoms with Gasteiger partial charge in [-0.05, 0) is 50.8 Å². The molecule has 0 unspecified atom stereocenters. The molecule has 1 fully saturated rings. The summed E-state index contributed by atoms with van der Waals surface area (Å²) in [5.74, 6) is 0. The average Bonchev–Trinajstić information content (AvgIpc) is 2.80. The fourth-order valence-electron chi connectivity index (χ4n) is 3.12. The lowest BCUT2D eigenvalue weighted by Gasteiger charge is -2.29. The van der Waals surface area contributed by atoms with E-state index < -0.39 is 0 Å². The Labute approximate surface area is 142 Å². The van der Waals surface area contributed by atoms with Gasteiger partial charge in [-0.25, -0.2) is 4.68 Å². The van der Waals surface area contributed by atoms with E-state index in [2.05, 4.69) is 42.0 Å². The molecule has 1 aliphatic heterocycles. The maximum Gasteiger partial charge on any atom is 0.137 e. The molecule has 0 aliphatic carbocycles. The van der Waals surface area contributed by atoms with Crippen LogP contribution in [0.2, 0.25) is 5.15 Å². The predicted octanol–water partition coefficient (Wildman–Crippen LogP) is 3.41.